The van der Waals surface area contributed by atoms with Gasteiger partial charge in [-0.25, -0.2) is 0 Å². The summed E-state index contributed by atoms with van der Waals surface area (Å²) in [5.41, 5.74) is 5.03. The number of benzene rings is 1. The number of carbonyl (C=O) groups excluding carboxylic acids is 1. The molecule has 33 heavy (non-hydrogen) atoms. The van der Waals surface area contributed by atoms with Gasteiger partial charge in [-0.05, 0) is 62.3 Å². The summed E-state index contributed by atoms with van der Waals surface area (Å²) in [4.78, 5) is 15.4. The molecule has 1 saturated heterocycles. The molecule has 2 aliphatic rings. The summed E-state index contributed by atoms with van der Waals surface area (Å²) in [6.07, 6.45) is 1.76. The number of rotatable bonds is 8. The van der Waals surface area contributed by atoms with E-state index in [-0.39, 0.29) is 23.3 Å². The number of nitriles is 1. The fraction of sp³-hybridized carbons (Fsp3) is 0.667. The number of anilines is 1. The number of alkyl halides is 3. The van der Waals surface area contributed by atoms with Crippen LogP contribution >= 0.6 is 11.6 Å². The maximum atomic E-state index is 13.1. The minimum Gasteiger partial charge on any atom is -0.370 e. The molecule has 1 atom stereocenters. The van der Waals surface area contributed by atoms with Gasteiger partial charge in [-0.3, -0.25) is 9.69 Å². The summed E-state index contributed by atoms with van der Waals surface area (Å²) in [7, 11) is 0. The standard InChI is InChI=1S/C24H32ClF3N4O/c25-21-13-20(24(26,27)28)14-22(15-21)32-11-9-31(10-12-32)8-7-17-1-3-18(4-2-17)19(16-29)5-6-23(30)33/h13-15,17-19H,1-12H2,(H2,30,33). The second kappa shape index (κ2) is 11.4. The number of piperazine rings is 1. The zero-order valence-corrected chi connectivity index (χ0v) is 19.5. The molecular formula is C24H32ClF3N4O. The van der Waals surface area contributed by atoms with Gasteiger partial charge in [0, 0.05) is 49.2 Å². The Morgan fingerprint density at radius 1 is 1.15 bits per heavy atom. The van der Waals surface area contributed by atoms with Crippen molar-refractivity contribution in [2.24, 2.45) is 23.5 Å². The van der Waals surface area contributed by atoms with E-state index in [4.69, 9.17) is 17.3 Å². The van der Waals surface area contributed by atoms with Gasteiger partial charge in [0.2, 0.25) is 5.91 Å². The molecule has 1 aromatic carbocycles. The predicted molar refractivity (Wildman–Crippen MR) is 123 cm³/mol. The van der Waals surface area contributed by atoms with Crippen molar-refractivity contribution in [3.8, 4) is 6.07 Å². The van der Waals surface area contributed by atoms with Gasteiger partial charge in [-0.15, -0.1) is 0 Å². The Balaban J connectivity index is 1.41. The normalized spacial score (nSPS) is 23.2. The summed E-state index contributed by atoms with van der Waals surface area (Å²) in [5.74, 6) is 0.557. The highest BCUT2D eigenvalue weighted by molar-refractivity contribution is 6.31. The number of nitrogens with zero attached hydrogens (tertiary/aromatic N) is 3. The monoisotopic (exact) mass is 484 g/mol. The Labute approximate surface area is 198 Å². The maximum absolute atomic E-state index is 13.1. The molecule has 2 fully saturated rings. The highest BCUT2D eigenvalue weighted by atomic mass is 35.5. The first kappa shape index (κ1) is 25.6. The molecule has 5 nitrogen and oxygen atoms in total. The molecule has 1 heterocycles. The molecule has 182 valence electrons. The van der Waals surface area contributed by atoms with Crippen molar-refractivity contribution in [1.82, 2.24) is 4.90 Å². The topological polar surface area (TPSA) is 73.4 Å². The van der Waals surface area contributed by atoms with Gasteiger partial charge in [0.15, 0.2) is 0 Å². The Kier molecular flexibility index (Phi) is 8.88. The number of hydrogen-bond acceptors (Lipinski definition) is 4. The fourth-order valence-corrected chi connectivity index (χ4v) is 5.33. The third-order valence-electron chi connectivity index (χ3n) is 7.13. The molecule has 1 saturated carbocycles. The van der Waals surface area contributed by atoms with Gasteiger partial charge >= 0.3 is 6.18 Å². The summed E-state index contributed by atoms with van der Waals surface area (Å²) >= 11 is 5.93. The van der Waals surface area contributed by atoms with E-state index < -0.39 is 11.7 Å². The smallest absolute Gasteiger partial charge is 0.370 e. The van der Waals surface area contributed by atoms with Crippen LogP contribution in [0, 0.1) is 29.1 Å². The van der Waals surface area contributed by atoms with Crippen molar-refractivity contribution < 1.29 is 18.0 Å². The zero-order chi connectivity index (χ0) is 24.0. The van der Waals surface area contributed by atoms with Crippen LogP contribution in [0.5, 0.6) is 0 Å². The van der Waals surface area contributed by atoms with Crippen molar-refractivity contribution in [3.05, 3.63) is 28.8 Å². The molecule has 0 radical (unpaired) electrons. The molecule has 9 heteroatoms. The van der Waals surface area contributed by atoms with Gasteiger partial charge < -0.3 is 10.6 Å². The number of halogens is 4. The van der Waals surface area contributed by atoms with Crippen LogP contribution in [0.25, 0.3) is 0 Å². The maximum Gasteiger partial charge on any atom is 0.416 e. The Hall–Kier alpha value is -1.98. The minimum absolute atomic E-state index is 0.0871. The molecule has 2 N–H and O–H groups in total. The SMILES string of the molecule is N#CC(CCC(N)=O)C1CCC(CCN2CCN(c3cc(Cl)cc(C(F)(F)F)c3)CC2)CC1. The first-order chi connectivity index (χ1) is 15.7. The van der Waals surface area contributed by atoms with E-state index in [9.17, 15) is 23.2 Å². The molecule has 1 aromatic rings. The second-order valence-electron chi connectivity index (χ2n) is 9.33. The molecule has 0 bridgehead atoms. The van der Waals surface area contributed by atoms with Gasteiger partial charge in [0.05, 0.1) is 11.6 Å². The van der Waals surface area contributed by atoms with Crippen molar-refractivity contribution in [3.63, 3.8) is 0 Å². The van der Waals surface area contributed by atoms with Crippen LogP contribution < -0.4 is 10.6 Å². The lowest BCUT2D eigenvalue weighted by molar-refractivity contribution is -0.137. The van der Waals surface area contributed by atoms with E-state index >= 15 is 0 Å². The largest absolute Gasteiger partial charge is 0.416 e. The highest BCUT2D eigenvalue weighted by Crippen LogP contribution is 2.37. The molecule has 1 aliphatic heterocycles. The van der Waals surface area contributed by atoms with Crippen LogP contribution in [0.4, 0.5) is 18.9 Å². The van der Waals surface area contributed by atoms with Crippen LogP contribution in [0.1, 0.15) is 50.5 Å². The van der Waals surface area contributed by atoms with Gasteiger partial charge in [0.1, 0.15) is 0 Å². The molecule has 1 amide bonds. The minimum atomic E-state index is -4.41. The quantitative estimate of drug-likeness (QED) is 0.558. The van der Waals surface area contributed by atoms with Crippen LogP contribution in [0.15, 0.2) is 18.2 Å². The molecule has 1 aliphatic carbocycles. The zero-order valence-electron chi connectivity index (χ0n) is 18.8. The first-order valence-electron chi connectivity index (χ1n) is 11.7. The van der Waals surface area contributed by atoms with E-state index in [1.54, 1.807) is 6.07 Å². The van der Waals surface area contributed by atoms with Crippen LogP contribution in [-0.4, -0.2) is 43.5 Å². The second-order valence-corrected chi connectivity index (χ2v) is 9.77. The molecular weight excluding hydrogens is 453 g/mol. The first-order valence-corrected chi connectivity index (χ1v) is 12.1. The average Bonchev–Trinajstić information content (AvgIpc) is 2.78. The molecule has 0 spiro atoms. The number of amides is 1. The third-order valence-corrected chi connectivity index (χ3v) is 7.35. The lowest BCUT2D eigenvalue weighted by Gasteiger charge is -2.37. The summed E-state index contributed by atoms with van der Waals surface area (Å²) in [5, 5.41) is 9.53. The molecule has 0 aromatic heterocycles. The Morgan fingerprint density at radius 2 is 1.82 bits per heavy atom. The van der Waals surface area contributed by atoms with E-state index in [0.29, 0.717) is 37.0 Å². The van der Waals surface area contributed by atoms with E-state index in [2.05, 4.69) is 11.0 Å². The van der Waals surface area contributed by atoms with E-state index in [1.807, 2.05) is 4.90 Å². The number of hydrogen-bond donors (Lipinski definition) is 1. The fourth-order valence-electron chi connectivity index (χ4n) is 5.10. The summed E-state index contributed by atoms with van der Waals surface area (Å²) < 4.78 is 39.3. The van der Waals surface area contributed by atoms with Crippen LogP contribution in [0.2, 0.25) is 5.02 Å². The number of nitrogens with two attached hydrogens (primary N) is 1. The van der Waals surface area contributed by atoms with E-state index in [0.717, 1.165) is 57.8 Å². The van der Waals surface area contributed by atoms with Crippen molar-refractivity contribution >= 4 is 23.2 Å². The molecule has 1 unspecified atom stereocenters. The Morgan fingerprint density at radius 3 is 2.39 bits per heavy atom. The lowest BCUT2D eigenvalue weighted by atomic mass is 9.74. The van der Waals surface area contributed by atoms with Crippen molar-refractivity contribution in [2.75, 3.05) is 37.6 Å². The average molecular weight is 485 g/mol. The summed E-state index contributed by atoms with van der Waals surface area (Å²) in [6, 6.07) is 6.11. The van der Waals surface area contributed by atoms with Crippen LogP contribution in [0.3, 0.4) is 0 Å². The predicted octanol–water partition coefficient (Wildman–Crippen LogP) is 5.08. The lowest BCUT2D eigenvalue weighted by Crippen LogP contribution is -2.47. The van der Waals surface area contributed by atoms with E-state index in [1.165, 1.54) is 6.07 Å². The number of carbonyl (C=O) groups is 1. The Bertz CT molecular complexity index is 841. The summed E-state index contributed by atoms with van der Waals surface area (Å²) in [6.45, 7) is 3.96. The van der Waals surface area contributed by atoms with Gasteiger partial charge in [-0.2, -0.15) is 18.4 Å². The number of primary amides is 1. The third kappa shape index (κ3) is 7.51. The van der Waals surface area contributed by atoms with Crippen molar-refractivity contribution in [1.29, 1.82) is 5.26 Å². The van der Waals surface area contributed by atoms with Gasteiger partial charge in [-0.1, -0.05) is 24.4 Å². The van der Waals surface area contributed by atoms with Gasteiger partial charge in [0.25, 0.3) is 0 Å². The van der Waals surface area contributed by atoms with Crippen molar-refractivity contribution in [2.45, 2.75) is 51.1 Å². The highest BCUT2D eigenvalue weighted by Gasteiger charge is 2.32. The van der Waals surface area contributed by atoms with Crippen LogP contribution in [-0.2, 0) is 11.0 Å². The molecule has 3 rings (SSSR count).